The molecule has 2 aromatic heterocycles. The lowest BCUT2D eigenvalue weighted by Crippen LogP contribution is -2.34. The molecule has 2 heterocycles. The van der Waals surface area contributed by atoms with Crippen LogP contribution in [-0.2, 0) is 6.18 Å². The molecule has 0 saturated heterocycles. The van der Waals surface area contributed by atoms with Gasteiger partial charge in [0.2, 0.25) is 0 Å². The van der Waals surface area contributed by atoms with Crippen LogP contribution in [0.15, 0.2) is 71.6 Å². The molecule has 2 N–H and O–H groups in total. The number of benzene rings is 1. The standard InChI is InChI=1S/C19H14BrF3N4O/c20-15-4-2-10-25-17(15)16(12-5-7-13(8-6-12)19(21,22)23)27-18(28)26-14-3-1-9-24-11-14/h1-11,16H,(H2,26,27,28). The maximum Gasteiger partial charge on any atom is 0.416 e. The van der Waals surface area contributed by atoms with Crippen molar-refractivity contribution in [2.45, 2.75) is 12.2 Å². The number of halogens is 4. The summed E-state index contributed by atoms with van der Waals surface area (Å²) in [5, 5.41) is 5.38. The summed E-state index contributed by atoms with van der Waals surface area (Å²) in [6.07, 6.45) is 0.144. The number of carbonyl (C=O) groups is 1. The summed E-state index contributed by atoms with van der Waals surface area (Å²) in [5.74, 6) is 0. The molecular formula is C19H14BrF3N4O. The minimum atomic E-state index is -4.44. The van der Waals surface area contributed by atoms with Crippen LogP contribution in [0.3, 0.4) is 0 Å². The fourth-order valence-electron chi connectivity index (χ4n) is 2.52. The van der Waals surface area contributed by atoms with E-state index in [-0.39, 0.29) is 0 Å². The van der Waals surface area contributed by atoms with Crippen molar-refractivity contribution in [1.82, 2.24) is 15.3 Å². The number of aromatic nitrogens is 2. The third-order valence-electron chi connectivity index (χ3n) is 3.83. The molecule has 5 nitrogen and oxygen atoms in total. The fraction of sp³-hybridized carbons (Fsp3) is 0.105. The molecule has 0 spiro atoms. The van der Waals surface area contributed by atoms with Gasteiger partial charge in [-0.15, -0.1) is 0 Å². The number of nitrogens with one attached hydrogen (secondary N) is 2. The van der Waals surface area contributed by atoms with E-state index in [2.05, 4.69) is 36.5 Å². The molecule has 1 unspecified atom stereocenters. The Kier molecular flexibility index (Phi) is 5.93. The van der Waals surface area contributed by atoms with Crippen molar-refractivity contribution in [3.63, 3.8) is 0 Å². The van der Waals surface area contributed by atoms with E-state index in [9.17, 15) is 18.0 Å². The Balaban J connectivity index is 1.90. The van der Waals surface area contributed by atoms with E-state index in [1.165, 1.54) is 24.5 Å². The van der Waals surface area contributed by atoms with Crippen LogP contribution in [0.1, 0.15) is 22.9 Å². The van der Waals surface area contributed by atoms with E-state index in [1.807, 2.05) is 0 Å². The monoisotopic (exact) mass is 450 g/mol. The lowest BCUT2D eigenvalue weighted by Gasteiger charge is -2.21. The van der Waals surface area contributed by atoms with Crippen LogP contribution in [0.4, 0.5) is 23.7 Å². The molecule has 1 atom stereocenters. The van der Waals surface area contributed by atoms with Crippen molar-refractivity contribution in [3.8, 4) is 0 Å². The maximum atomic E-state index is 12.9. The Labute approximate surface area is 167 Å². The minimum Gasteiger partial charge on any atom is -0.325 e. The number of hydrogen-bond acceptors (Lipinski definition) is 3. The van der Waals surface area contributed by atoms with Crippen molar-refractivity contribution in [2.75, 3.05) is 5.32 Å². The Hall–Kier alpha value is -2.94. The molecular weight excluding hydrogens is 437 g/mol. The number of alkyl halides is 3. The van der Waals surface area contributed by atoms with Gasteiger partial charge in [0.05, 0.1) is 29.2 Å². The van der Waals surface area contributed by atoms with Crippen molar-refractivity contribution in [3.05, 3.63) is 88.4 Å². The predicted octanol–water partition coefficient (Wildman–Crippen LogP) is 5.17. The summed E-state index contributed by atoms with van der Waals surface area (Å²) in [6, 6.07) is 10.0. The van der Waals surface area contributed by atoms with Gasteiger partial charge < -0.3 is 10.6 Å². The second-order valence-electron chi connectivity index (χ2n) is 5.76. The fourth-order valence-corrected chi connectivity index (χ4v) is 3.00. The van der Waals surface area contributed by atoms with Crippen LogP contribution in [0.25, 0.3) is 0 Å². The lowest BCUT2D eigenvalue weighted by atomic mass is 10.0. The molecule has 2 amide bonds. The third kappa shape index (κ3) is 4.86. The molecule has 0 aliphatic rings. The molecule has 144 valence electrons. The second-order valence-corrected chi connectivity index (χ2v) is 6.62. The maximum absolute atomic E-state index is 12.9. The van der Waals surface area contributed by atoms with Gasteiger partial charge in [0.25, 0.3) is 0 Å². The van der Waals surface area contributed by atoms with E-state index in [0.717, 1.165) is 12.1 Å². The normalized spacial score (nSPS) is 12.3. The van der Waals surface area contributed by atoms with Gasteiger partial charge in [-0.3, -0.25) is 9.97 Å². The summed E-state index contributed by atoms with van der Waals surface area (Å²) in [4.78, 5) is 20.6. The molecule has 1 aromatic carbocycles. The van der Waals surface area contributed by atoms with E-state index in [0.29, 0.717) is 21.4 Å². The Morgan fingerprint density at radius 1 is 1.04 bits per heavy atom. The number of hydrogen-bond donors (Lipinski definition) is 2. The zero-order chi connectivity index (χ0) is 20.1. The Bertz CT molecular complexity index is 949. The number of anilines is 1. The van der Waals surface area contributed by atoms with Gasteiger partial charge >= 0.3 is 12.2 Å². The van der Waals surface area contributed by atoms with Gasteiger partial charge in [0, 0.05) is 16.9 Å². The Morgan fingerprint density at radius 2 is 1.75 bits per heavy atom. The predicted molar refractivity (Wildman–Crippen MR) is 102 cm³/mol. The second kappa shape index (κ2) is 8.39. The number of rotatable bonds is 4. The molecule has 0 aliphatic heterocycles. The summed E-state index contributed by atoms with van der Waals surface area (Å²) in [6.45, 7) is 0. The van der Waals surface area contributed by atoms with Crippen LogP contribution in [0.2, 0.25) is 0 Å². The zero-order valence-electron chi connectivity index (χ0n) is 14.2. The van der Waals surface area contributed by atoms with Crippen molar-refractivity contribution in [1.29, 1.82) is 0 Å². The minimum absolute atomic E-state index is 0.453. The van der Waals surface area contributed by atoms with Crippen molar-refractivity contribution >= 4 is 27.6 Å². The van der Waals surface area contributed by atoms with Crippen LogP contribution < -0.4 is 10.6 Å². The van der Waals surface area contributed by atoms with Gasteiger partial charge in [0.1, 0.15) is 0 Å². The number of urea groups is 1. The van der Waals surface area contributed by atoms with Crippen molar-refractivity contribution in [2.24, 2.45) is 0 Å². The quantitative estimate of drug-likeness (QED) is 0.576. The van der Waals surface area contributed by atoms with Gasteiger partial charge in [-0.25, -0.2) is 4.79 Å². The van der Waals surface area contributed by atoms with E-state index in [1.54, 1.807) is 30.5 Å². The molecule has 3 rings (SSSR count). The first-order valence-corrected chi connectivity index (χ1v) is 8.89. The molecule has 9 heteroatoms. The molecule has 0 aliphatic carbocycles. The molecule has 28 heavy (non-hydrogen) atoms. The van der Waals surface area contributed by atoms with E-state index < -0.39 is 23.8 Å². The number of nitrogens with zero attached hydrogens (tertiary/aromatic N) is 2. The first-order valence-electron chi connectivity index (χ1n) is 8.10. The smallest absolute Gasteiger partial charge is 0.325 e. The van der Waals surface area contributed by atoms with Gasteiger partial charge in [0.15, 0.2) is 0 Å². The average molecular weight is 451 g/mol. The largest absolute Gasteiger partial charge is 0.416 e. The molecule has 0 bridgehead atoms. The first-order chi connectivity index (χ1) is 13.3. The lowest BCUT2D eigenvalue weighted by molar-refractivity contribution is -0.137. The molecule has 0 saturated carbocycles. The summed E-state index contributed by atoms with van der Waals surface area (Å²) in [7, 11) is 0. The highest BCUT2D eigenvalue weighted by atomic mass is 79.9. The van der Waals surface area contributed by atoms with Crippen LogP contribution in [-0.4, -0.2) is 16.0 Å². The third-order valence-corrected chi connectivity index (χ3v) is 4.50. The topological polar surface area (TPSA) is 66.9 Å². The summed E-state index contributed by atoms with van der Waals surface area (Å²) < 4.78 is 39.2. The highest BCUT2D eigenvalue weighted by Gasteiger charge is 2.30. The molecule has 0 fully saturated rings. The van der Waals surface area contributed by atoms with Gasteiger partial charge in [-0.1, -0.05) is 12.1 Å². The molecule has 0 radical (unpaired) electrons. The number of pyridine rings is 2. The van der Waals surface area contributed by atoms with Gasteiger partial charge in [-0.05, 0) is 57.9 Å². The van der Waals surface area contributed by atoms with E-state index >= 15 is 0 Å². The van der Waals surface area contributed by atoms with Crippen LogP contribution in [0.5, 0.6) is 0 Å². The summed E-state index contributed by atoms with van der Waals surface area (Å²) in [5.41, 5.74) is 0.624. The SMILES string of the molecule is O=C(Nc1cccnc1)NC(c1ccc(C(F)(F)F)cc1)c1ncccc1Br. The number of amides is 2. The van der Waals surface area contributed by atoms with Crippen LogP contribution in [0, 0.1) is 0 Å². The van der Waals surface area contributed by atoms with Crippen molar-refractivity contribution < 1.29 is 18.0 Å². The first kappa shape index (κ1) is 19.8. The highest BCUT2D eigenvalue weighted by Crippen LogP contribution is 2.32. The highest BCUT2D eigenvalue weighted by molar-refractivity contribution is 9.10. The van der Waals surface area contributed by atoms with E-state index in [4.69, 9.17) is 0 Å². The van der Waals surface area contributed by atoms with Crippen LogP contribution >= 0.6 is 15.9 Å². The Morgan fingerprint density at radius 3 is 2.36 bits per heavy atom. The number of carbonyl (C=O) groups excluding carboxylic acids is 1. The average Bonchev–Trinajstić information content (AvgIpc) is 2.67. The zero-order valence-corrected chi connectivity index (χ0v) is 15.8. The van der Waals surface area contributed by atoms with Gasteiger partial charge in [-0.2, -0.15) is 13.2 Å². The summed E-state index contributed by atoms with van der Waals surface area (Å²) >= 11 is 3.37. The molecule has 3 aromatic rings.